The maximum atomic E-state index is 12.6. The molecule has 2 aliphatic carbocycles. The molecule has 0 N–H and O–H groups in total. The summed E-state index contributed by atoms with van der Waals surface area (Å²) in [6.07, 6.45) is 4.07. The molecule has 2 saturated carbocycles. The number of ether oxygens (including phenoxy) is 1. The molecule has 0 amide bonds. The monoisotopic (exact) mass is 318 g/mol. The van der Waals surface area contributed by atoms with Crippen LogP contribution in [0.2, 0.25) is 0 Å². The molecule has 2 unspecified atom stereocenters. The van der Waals surface area contributed by atoms with Crippen molar-refractivity contribution in [2.45, 2.75) is 56.6 Å². The minimum absolute atomic E-state index is 0.0211. The third kappa shape index (κ3) is 1.60. The zero-order chi connectivity index (χ0) is 14.8. The molecule has 0 aromatic carbocycles. The minimum Gasteiger partial charge on any atom is -0.375 e. The maximum Gasteiger partial charge on any atom is 0.139 e. The first-order valence-corrected chi connectivity index (χ1v) is 10.4. The number of rotatable bonds is 2. The van der Waals surface area contributed by atoms with E-state index in [4.69, 9.17) is 4.74 Å². The van der Waals surface area contributed by atoms with E-state index in [1.165, 1.54) is 6.42 Å². The first-order valence-electron chi connectivity index (χ1n) is 7.60. The van der Waals surface area contributed by atoms with Crippen LogP contribution in [-0.4, -0.2) is 37.2 Å². The fourth-order valence-corrected chi connectivity index (χ4v) is 9.92. The lowest BCUT2D eigenvalue weighted by Gasteiger charge is -2.51. The first-order chi connectivity index (χ1) is 9.30. The molecule has 20 heavy (non-hydrogen) atoms. The van der Waals surface area contributed by atoms with Crippen LogP contribution in [0.3, 0.4) is 0 Å². The maximum absolute atomic E-state index is 12.6. The summed E-state index contributed by atoms with van der Waals surface area (Å²) in [4.78, 5) is 0. The van der Waals surface area contributed by atoms with Gasteiger partial charge in [0.15, 0.2) is 0 Å². The number of fused-ring (bicyclic) bond motifs is 2. The van der Waals surface area contributed by atoms with Crippen molar-refractivity contribution >= 4 is 21.6 Å². The predicted molar refractivity (Wildman–Crippen MR) is 83.4 cm³/mol. The highest BCUT2D eigenvalue weighted by atomic mass is 32.2. The highest BCUT2D eigenvalue weighted by molar-refractivity contribution is 8.03. The number of hydrogen-bond acceptors (Lipinski definition) is 3. The Kier molecular flexibility index (Phi) is 3.51. The van der Waals surface area contributed by atoms with Crippen LogP contribution in [0.1, 0.15) is 46.5 Å². The zero-order valence-corrected chi connectivity index (χ0v) is 14.6. The molecule has 1 saturated heterocycles. The largest absolute Gasteiger partial charge is 0.375 e. The molecule has 3 rings (SSSR count). The molecule has 3 aliphatic rings. The minimum atomic E-state index is -1.02. The molecule has 0 radical (unpaired) electrons. The van der Waals surface area contributed by atoms with Crippen molar-refractivity contribution in [3.63, 3.8) is 0 Å². The average Bonchev–Trinajstić information content (AvgIpc) is 2.70. The molecule has 1 aliphatic heterocycles. The summed E-state index contributed by atoms with van der Waals surface area (Å²) in [5.74, 6) is 1.97. The lowest BCUT2D eigenvalue weighted by atomic mass is 9.65. The molecule has 2 bridgehead atoms. The van der Waals surface area contributed by atoms with Gasteiger partial charge in [-0.1, -0.05) is 20.8 Å². The standard InChI is InChI=1S/C15H26O3S2/c1-13(2)11-6-7-14(13,3)15(10-11,18-4)12-19(16)8-5-9-20(12)17/h11-12H,5-10H2,1-4H3/t11-,12?,14-,15+,19?,20?/m1/s1. The quantitative estimate of drug-likeness (QED) is 0.785. The zero-order valence-electron chi connectivity index (χ0n) is 12.9. The Labute approximate surface area is 127 Å². The Bertz CT molecular complexity index is 460. The van der Waals surface area contributed by atoms with Crippen LogP contribution in [0.5, 0.6) is 0 Å². The summed E-state index contributed by atoms with van der Waals surface area (Å²) < 4.78 is 31.0. The van der Waals surface area contributed by atoms with Crippen LogP contribution in [0, 0.1) is 16.7 Å². The third-order valence-corrected chi connectivity index (χ3v) is 11.2. The second-order valence-corrected chi connectivity index (χ2v) is 11.0. The van der Waals surface area contributed by atoms with E-state index in [1.807, 2.05) is 0 Å². The molecule has 3 fully saturated rings. The van der Waals surface area contributed by atoms with Crippen molar-refractivity contribution in [3.05, 3.63) is 0 Å². The van der Waals surface area contributed by atoms with Crippen LogP contribution >= 0.6 is 0 Å². The second kappa shape index (κ2) is 4.63. The van der Waals surface area contributed by atoms with Gasteiger partial charge in [0.25, 0.3) is 0 Å². The van der Waals surface area contributed by atoms with Gasteiger partial charge in [-0.3, -0.25) is 8.42 Å². The van der Waals surface area contributed by atoms with Crippen molar-refractivity contribution in [1.82, 2.24) is 0 Å². The number of methoxy groups -OCH3 is 1. The molecule has 5 atom stereocenters. The summed E-state index contributed by atoms with van der Waals surface area (Å²) in [7, 11) is -0.305. The molecule has 0 spiro atoms. The van der Waals surface area contributed by atoms with E-state index < -0.39 is 27.2 Å². The van der Waals surface area contributed by atoms with Crippen molar-refractivity contribution < 1.29 is 13.2 Å². The Balaban J connectivity index is 2.10. The topological polar surface area (TPSA) is 43.4 Å². The van der Waals surface area contributed by atoms with Gasteiger partial charge in [0, 0.05) is 45.6 Å². The summed E-state index contributed by atoms with van der Waals surface area (Å²) in [5.41, 5.74) is -0.308. The fraction of sp³-hybridized carbons (Fsp3) is 1.00. The van der Waals surface area contributed by atoms with Crippen LogP contribution in [0.4, 0.5) is 0 Å². The van der Waals surface area contributed by atoms with E-state index in [1.54, 1.807) is 7.11 Å². The highest BCUT2D eigenvalue weighted by Gasteiger charge is 2.73. The van der Waals surface area contributed by atoms with E-state index in [0.717, 1.165) is 19.3 Å². The van der Waals surface area contributed by atoms with Crippen molar-refractivity contribution in [3.8, 4) is 0 Å². The van der Waals surface area contributed by atoms with Gasteiger partial charge in [0.1, 0.15) is 4.58 Å². The number of hydrogen-bond donors (Lipinski definition) is 0. The van der Waals surface area contributed by atoms with Gasteiger partial charge in [-0.25, -0.2) is 0 Å². The van der Waals surface area contributed by atoms with E-state index in [2.05, 4.69) is 20.8 Å². The van der Waals surface area contributed by atoms with Crippen molar-refractivity contribution in [2.75, 3.05) is 18.6 Å². The summed E-state index contributed by atoms with van der Waals surface area (Å²) >= 11 is 0. The second-order valence-electron chi connectivity index (χ2n) is 7.44. The van der Waals surface area contributed by atoms with E-state index in [-0.39, 0.29) is 15.4 Å². The van der Waals surface area contributed by atoms with Gasteiger partial charge in [0.2, 0.25) is 0 Å². The Hall–Kier alpha value is 0.260. The van der Waals surface area contributed by atoms with Gasteiger partial charge in [-0.2, -0.15) is 0 Å². The molecule has 116 valence electrons. The molecular weight excluding hydrogens is 292 g/mol. The highest BCUT2D eigenvalue weighted by Crippen LogP contribution is 2.72. The lowest BCUT2D eigenvalue weighted by Crippen LogP contribution is -2.60. The summed E-state index contributed by atoms with van der Waals surface area (Å²) in [5, 5.41) is 0. The molecule has 0 aromatic rings. The van der Waals surface area contributed by atoms with E-state index >= 15 is 0 Å². The predicted octanol–water partition coefficient (Wildman–Crippen LogP) is 2.45. The van der Waals surface area contributed by atoms with Crippen LogP contribution in [0.25, 0.3) is 0 Å². The molecule has 1 heterocycles. The van der Waals surface area contributed by atoms with Gasteiger partial charge in [0.05, 0.1) is 5.60 Å². The Morgan fingerprint density at radius 2 is 1.70 bits per heavy atom. The molecule has 0 aromatic heterocycles. The van der Waals surface area contributed by atoms with Gasteiger partial charge >= 0.3 is 0 Å². The normalized spacial score (nSPS) is 54.2. The molecule has 5 heteroatoms. The van der Waals surface area contributed by atoms with Crippen molar-refractivity contribution in [2.24, 2.45) is 16.7 Å². The van der Waals surface area contributed by atoms with Gasteiger partial charge in [-0.05, 0) is 37.0 Å². The van der Waals surface area contributed by atoms with Crippen LogP contribution in [-0.2, 0) is 26.3 Å². The average molecular weight is 319 g/mol. The van der Waals surface area contributed by atoms with E-state index in [9.17, 15) is 8.42 Å². The SMILES string of the molecule is CO[C@]1(C2S(=O)CCCS2=O)C[C@H]2CC[C@]1(C)C2(C)C. The summed E-state index contributed by atoms with van der Waals surface area (Å²) in [6, 6.07) is 0. The van der Waals surface area contributed by atoms with Crippen molar-refractivity contribution in [1.29, 1.82) is 0 Å². The Morgan fingerprint density at radius 1 is 1.10 bits per heavy atom. The lowest BCUT2D eigenvalue weighted by molar-refractivity contribution is -0.107. The van der Waals surface area contributed by atoms with Crippen LogP contribution in [0.15, 0.2) is 0 Å². The van der Waals surface area contributed by atoms with Crippen LogP contribution < -0.4 is 0 Å². The molecular formula is C15H26O3S2. The van der Waals surface area contributed by atoms with Gasteiger partial charge in [-0.15, -0.1) is 0 Å². The smallest absolute Gasteiger partial charge is 0.139 e. The molecule has 3 nitrogen and oxygen atoms in total. The van der Waals surface area contributed by atoms with E-state index in [0.29, 0.717) is 17.4 Å². The fourth-order valence-electron chi connectivity index (χ4n) is 5.16. The Morgan fingerprint density at radius 3 is 2.10 bits per heavy atom. The summed E-state index contributed by atoms with van der Waals surface area (Å²) in [6.45, 7) is 6.92. The van der Waals surface area contributed by atoms with Gasteiger partial charge < -0.3 is 4.74 Å². The third-order valence-electron chi connectivity index (χ3n) is 6.83. The first kappa shape index (κ1) is 15.2.